The molecular formula is C12H15ClN2O2S. The Morgan fingerprint density at radius 1 is 1.44 bits per heavy atom. The maximum atomic E-state index is 12.3. The summed E-state index contributed by atoms with van der Waals surface area (Å²) in [5.41, 5.74) is 0.00233. The van der Waals surface area contributed by atoms with Crippen molar-refractivity contribution in [3.8, 4) is 6.07 Å². The highest BCUT2D eigenvalue weighted by Gasteiger charge is 2.24. The summed E-state index contributed by atoms with van der Waals surface area (Å²) >= 11 is 5.84. The number of halogens is 1. The minimum atomic E-state index is -3.65. The highest BCUT2D eigenvalue weighted by molar-refractivity contribution is 7.89. The van der Waals surface area contributed by atoms with Crippen molar-refractivity contribution in [3.63, 3.8) is 0 Å². The van der Waals surface area contributed by atoms with Gasteiger partial charge in [-0.25, -0.2) is 12.7 Å². The predicted octanol–water partition coefficient (Wildman–Crippen LogP) is 2.63. The molecule has 1 aromatic carbocycles. The van der Waals surface area contributed by atoms with Crippen LogP contribution in [0.1, 0.15) is 25.3 Å². The molecule has 0 N–H and O–H groups in total. The molecule has 0 atom stereocenters. The molecular weight excluding hydrogens is 272 g/mol. The average molecular weight is 287 g/mol. The van der Waals surface area contributed by atoms with Crippen LogP contribution < -0.4 is 0 Å². The monoisotopic (exact) mass is 286 g/mol. The van der Waals surface area contributed by atoms with Gasteiger partial charge < -0.3 is 0 Å². The lowest BCUT2D eigenvalue weighted by atomic mass is 10.2. The van der Waals surface area contributed by atoms with Crippen molar-refractivity contribution in [1.82, 2.24) is 4.31 Å². The van der Waals surface area contributed by atoms with E-state index < -0.39 is 10.0 Å². The van der Waals surface area contributed by atoms with E-state index in [0.717, 1.165) is 12.8 Å². The molecule has 6 heteroatoms. The third-order valence-corrected chi connectivity index (χ3v) is 4.82. The lowest BCUT2D eigenvalue weighted by Gasteiger charge is -2.17. The maximum absolute atomic E-state index is 12.3. The molecule has 1 rings (SSSR count). The van der Waals surface area contributed by atoms with Gasteiger partial charge in [-0.05, 0) is 18.6 Å². The summed E-state index contributed by atoms with van der Waals surface area (Å²) in [7, 11) is -2.14. The minimum Gasteiger partial charge on any atom is -0.207 e. The first-order chi connectivity index (χ1) is 8.45. The normalized spacial score (nSPS) is 11.5. The van der Waals surface area contributed by atoms with Crippen LogP contribution in [0.2, 0.25) is 5.02 Å². The Morgan fingerprint density at radius 3 is 2.67 bits per heavy atom. The molecule has 4 nitrogen and oxygen atoms in total. The molecule has 0 aromatic heterocycles. The first-order valence-corrected chi connectivity index (χ1v) is 7.42. The van der Waals surface area contributed by atoms with Crippen LogP contribution in [0.5, 0.6) is 0 Å². The van der Waals surface area contributed by atoms with E-state index in [1.165, 1.54) is 29.6 Å². The summed E-state index contributed by atoms with van der Waals surface area (Å²) in [6.07, 6.45) is 1.68. The van der Waals surface area contributed by atoms with Crippen molar-refractivity contribution in [2.75, 3.05) is 13.6 Å². The highest BCUT2D eigenvalue weighted by atomic mass is 35.5. The average Bonchev–Trinajstić information content (AvgIpc) is 2.35. The maximum Gasteiger partial charge on any atom is 0.244 e. The Labute approximate surface area is 113 Å². The Morgan fingerprint density at radius 2 is 2.11 bits per heavy atom. The van der Waals surface area contributed by atoms with Gasteiger partial charge in [0.1, 0.15) is 11.0 Å². The number of nitriles is 1. The number of benzene rings is 1. The van der Waals surface area contributed by atoms with Gasteiger partial charge in [0.2, 0.25) is 10.0 Å². The van der Waals surface area contributed by atoms with Crippen molar-refractivity contribution < 1.29 is 8.42 Å². The first kappa shape index (κ1) is 15.0. The van der Waals surface area contributed by atoms with Gasteiger partial charge in [0.05, 0.1) is 10.6 Å². The van der Waals surface area contributed by atoms with Crippen LogP contribution >= 0.6 is 11.6 Å². The summed E-state index contributed by atoms with van der Waals surface area (Å²) in [6, 6.07) is 6.28. The number of nitrogens with zero attached hydrogens (tertiary/aromatic N) is 2. The van der Waals surface area contributed by atoms with Crippen LogP contribution in [0.4, 0.5) is 0 Å². The van der Waals surface area contributed by atoms with Crippen molar-refractivity contribution >= 4 is 21.6 Å². The fourth-order valence-electron chi connectivity index (χ4n) is 1.50. The molecule has 0 unspecified atom stereocenters. The Bertz CT molecular complexity index is 564. The molecule has 0 radical (unpaired) electrons. The van der Waals surface area contributed by atoms with Crippen LogP contribution in [0.15, 0.2) is 23.1 Å². The second-order valence-electron chi connectivity index (χ2n) is 3.90. The summed E-state index contributed by atoms with van der Waals surface area (Å²) in [6.45, 7) is 2.41. The smallest absolute Gasteiger partial charge is 0.207 e. The van der Waals surface area contributed by atoms with E-state index in [2.05, 4.69) is 0 Å². The molecule has 0 bridgehead atoms. The van der Waals surface area contributed by atoms with Gasteiger partial charge in [-0.3, -0.25) is 0 Å². The SMILES string of the molecule is CCCCN(C)S(=O)(=O)c1cccc(Cl)c1C#N. The van der Waals surface area contributed by atoms with Crippen LogP contribution in [0, 0.1) is 11.3 Å². The first-order valence-electron chi connectivity index (χ1n) is 5.60. The van der Waals surface area contributed by atoms with Crippen LogP contribution in [0.25, 0.3) is 0 Å². The minimum absolute atomic E-state index is 0.00233. The molecule has 0 heterocycles. The number of sulfonamides is 1. The molecule has 0 spiro atoms. The number of hydrogen-bond acceptors (Lipinski definition) is 3. The van der Waals surface area contributed by atoms with Gasteiger partial charge in [-0.2, -0.15) is 5.26 Å². The number of hydrogen-bond donors (Lipinski definition) is 0. The number of unbranched alkanes of at least 4 members (excludes halogenated alkanes) is 1. The molecule has 1 aromatic rings. The zero-order valence-corrected chi connectivity index (χ0v) is 11.9. The third kappa shape index (κ3) is 3.02. The fraction of sp³-hybridized carbons (Fsp3) is 0.417. The van der Waals surface area contributed by atoms with Gasteiger partial charge in [-0.1, -0.05) is 31.0 Å². The summed E-state index contributed by atoms with van der Waals surface area (Å²) in [5, 5.41) is 9.16. The largest absolute Gasteiger partial charge is 0.244 e. The molecule has 18 heavy (non-hydrogen) atoms. The lowest BCUT2D eigenvalue weighted by Crippen LogP contribution is -2.28. The lowest BCUT2D eigenvalue weighted by molar-refractivity contribution is 0.459. The van der Waals surface area contributed by atoms with Crippen LogP contribution in [-0.2, 0) is 10.0 Å². The van der Waals surface area contributed by atoms with E-state index in [0.29, 0.717) is 6.54 Å². The summed E-state index contributed by atoms with van der Waals surface area (Å²) in [4.78, 5) is -0.0314. The van der Waals surface area contributed by atoms with Crippen molar-refractivity contribution in [1.29, 1.82) is 5.26 Å². The Kier molecular flexibility index (Phi) is 5.15. The standard InChI is InChI=1S/C12H15ClN2O2S/c1-3-4-8-15(2)18(16,17)12-7-5-6-11(13)10(12)9-14/h5-7H,3-4,8H2,1-2H3. The quantitative estimate of drug-likeness (QED) is 0.836. The van der Waals surface area contributed by atoms with Gasteiger partial charge in [0.15, 0.2) is 0 Å². The predicted molar refractivity (Wildman–Crippen MR) is 70.9 cm³/mol. The van der Waals surface area contributed by atoms with Crippen LogP contribution in [0.3, 0.4) is 0 Å². The van der Waals surface area contributed by atoms with Gasteiger partial charge in [-0.15, -0.1) is 0 Å². The molecule has 0 aliphatic carbocycles. The zero-order valence-electron chi connectivity index (χ0n) is 10.4. The van der Waals surface area contributed by atoms with E-state index >= 15 is 0 Å². The molecule has 0 aliphatic rings. The van der Waals surface area contributed by atoms with Gasteiger partial charge in [0, 0.05) is 13.6 Å². The van der Waals surface area contributed by atoms with Crippen LogP contribution in [-0.4, -0.2) is 26.3 Å². The van der Waals surface area contributed by atoms with Gasteiger partial charge >= 0.3 is 0 Å². The fourth-order valence-corrected chi connectivity index (χ4v) is 3.14. The molecule has 98 valence electrons. The van der Waals surface area contributed by atoms with Crippen molar-refractivity contribution in [2.45, 2.75) is 24.7 Å². The highest BCUT2D eigenvalue weighted by Crippen LogP contribution is 2.25. The zero-order chi connectivity index (χ0) is 13.8. The van der Waals surface area contributed by atoms with Crippen molar-refractivity contribution in [3.05, 3.63) is 28.8 Å². The molecule has 0 saturated heterocycles. The third-order valence-electron chi connectivity index (χ3n) is 2.60. The molecule has 0 aliphatic heterocycles. The number of rotatable bonds is 5. The second kappa shape index (κ2) is 6.19. The van der Waals surface area contributed by atoms with Crippen molar-refractivity contribution in [2.24, 2.45) is 0 Å². The Hall–Kier alpha value is -1.09. The molecule has 0 saturated carbocycles. The van der Waals surface area contributed by atoms with E-state index in [-0.39, 0.29) is 15.5 Å². The molecule has 0 fully saturated rings. The van der Waals surface area contributed by atoms with E-state index in [1.807, 2.05) is 13.0 Å². The molecule has 0 amide bonds. The van der Waals surface area contributed by atoms with Gasteiger partial charge in [0.25, 0.3) is 0 Å². The van der Waals surface area contributed by atoms with E-state index in [1.54, 1.807) is 0 Å². The van der Waals surface area contributed by atoms with E-state index in [4.69, 9.17) is 16.9 Å². The second-order valence-corrected chi connectivity index (χ2v) is 6.33. The Balaban J connectivity index is 3.21. The summed E-state index contributed by atoms with van der Waals surface area (Å²) < 4.78 is 25.8. The topological polar surface area (TPSA) is 61.2 Å². The summed E-state index contributed by atoms with van der Waals surface area (Å²) in [5.74, 6) is 0. The van der Waals surface area contributed by atoms with E-state index in [9.17, 15) is 8.42 Å².